The molecule has 0 saturated carbocycles. The quantitative estimate of drug-likeness (QED) is 0.341. The summed E-state index contributed by atoms with van der Waals surface area (Å²) in [5, 5.41) is 36.8. The number of esters is 2. The molecule has 0 aliphatic carbocycles. The maximum Gasteiger partial charge on any atom is 0.308 e. The van der Waals surface area contributed by atoms with E-state index in [1.54, 1.807) is 0 Å². The van der Waals surface area contributed by atoms with Crippen molar-refractivity contribution in [1.29, 1.82) is 21.0 Å². The summed E-state index contributed by atoms with van der Waals surface area (Å²) in [6.07, 6.45) is 0. The first-order chi connectivity index (χ1) is 14.3. The second-order valence-electron chi connectivity index (χ2n) is 5.34. The Hall–Kier alpha value is -3.00. The molecule has 1 aromatic rings. The minimum atomic E-state index is -0.604. The standard InChI is InChI=1S/C18H6N4O4S4/c1-7(23)25-11-13-15(29-17(27-13)9(3-19)4-20)12(26-8(2)24)16-14(11)28-18(30-16)10(5-21)6-22/h1-2H3. The molecule has 1 aromatic carbocycles. The van der Waals surface area contributed by atoms with Gasteiger partial charge in [-0.3, -0.25) is 9.59 Å². The molecule has 0 bridgehead atoms. The van der Waals surface area contributed by atoms with Crippen molar-refractivity contribution < 1.29 is 19.1 Å². The van der Waals surface area contributed by atoms with Crippen molar-refractivity contribution >= 4 is 59.0 Å². The van der Waals surface area contributed by atoms with Crippen LogP contribution in [0.4, 0.5) is 0 Å². The molecule has 0 radical (unpaired) electrons. The topological polar surface area (TPSA) is 148 Å². The average Bonchev–Trinajstić information content (AvgIpc) is 3.31. The summed E-state index contributed by atoms with van der Waals surface area (Å²) < 4.78 is 11.6. The molecular weight excluding hydrogens is 464 g/mol. The highest BCUT2D eigenvalue weighted by Gasteiger charge is 2.39. The number of nitrogens with zero attached hydrogens (tertiary/aromatic N) is 4. The largest absolute Gasteiger partial charge is 0.424 e. The Balaban J connectivity index is 2.33. The van der Waals surface area contributed by atoms with Gasteiger partial charge in [0.05, 0.1) is 28.1 Å². The van der Waals surface area contributed by atoms with Gasteiger partial charge >= 0.3 is 11.9 Å². The van der Waals surface area contributed by atoms with Crippen molar-refractivity contribution in [2.45, 2.75) is 33.4 Å². The molecule has 0 unspecified atom stereocenters. The van der Waals surface area contributed by atoms with Crippen LogP contribution in [0.15, 0.2) is 39.2 Å². The monoisotopic (exact) mass is 470 g/mol. The Kier molecular flexibility index (Phi) is 6.36. The van der Waals surface area contributed by atoms with E-state index in [2.05, 4.69) is 0 Å². The first-order valence-electron chi connectivity index (χ1n) is 7.75. The van der Waals surface area contributed by atoms with Crippen LogP contribution in [0.1, 0.15) is 13.8 Å². The minimum Gasteiger partial charge on any atom is -0.424 e. The summed E-state index contributed by atoms with van der Waals surface area (Å²) in [6, 6.07) is 7.26. The Bertz CT molecular complexity index is 1090. The molecule has 0 spiro atoms. The number of carbonyl (C=O) groups is 2. The molecule has 2 aliphatic rings. The predicted octanol–water partition coefficient (Wildman–Crippen LogP) is 4.45. The van der Waals surface area contributed by atoms with Crippen LogP contribution in [0.25, 0.3) is 0 Å². The number of hydrogen-bond acceptors (Lipinski definition) is 12. The second kappa shape index (κ2) is 8.79. The Labute approximate surface area is 187 Å². The van der Waals surface area contributed by atoms with Crippen molar-refractivity contribution in [1.82, 2.24) is 0 Å². The van der Waals surface area contributed by atoms with Gasteiger partial charge in [-0.2, -0.15) is 21.0 Å². The van der Waals surface area contributed by atoms with E-state index in [0.29, 0.717) is 28.1 Å². The summed E-state index contributed by atoms with van der Waals surface area (Å²) in [6.45, 7) is 2.44. The van der Waals surface area contributed by atoms with E-state index in [0.717, 1.165) is 47.0 Å². The van der Waals surface area contributed by atoms with Gasteiger partial charge in [0.15, 0.2) is 11.5 Å². The molecule has 30 heavy (non-hydrogen) atoms. The third kappa shape index (κ3) is 3.87. The minimum absolute atomic E-state index is 0.124. The lowest BCUT2D eigenvalue weighted by molar-refractivity contribution is -0.133. The Morgan fingerprint density at radius 1 is 0.633 bits per heavy atom. The van der Waals surface area contributed by atoms with Crippen molar-refractivity contribution in [3.8, 4) is 35.8 Å². The van der Waals surface area contributed by atoms with Crippen LogP contribution in [0.3, 0.4) is 0 Å². The van der Waals surface area contributed by atoms with Gasteiger partial charge in [-0.1, -0.05) is 47.0 Å². The second-order valence-corrected chi connectivity index (χ2v) is 9.94. The summed E-state index contributed by atoms with van der Waals surface area (Å²) in [4.78, 5) is 25.2. The number of fused-ring (bicyclic) bond motifs is 2. The van der Waals surface area contributed by atoms with Crippen molar-refractivity contribution in [2.75, 3.05) is 0 Å². The lowest BCUT2D eigenvalue weighted by Crippen LogP contribution is -2.07. The van der Waals surface area contributed by atoms with Gasteiger partial charge < -0.3 is 9.47 Å². The van der Waals surface area contributed by atoms with Gasteiger partial charge in [0, 0.05) is 13.8 Å². The van der Waals surface area contributed by atoms with E-state index in [9.17, 15) is 30.6 Å². The summed E-state index contributed by atoms with van der Waals surface area (Å²) in [5.74, 6) is -0.887. The van der Waals surface area contributed by atoms with Gasteiger partial charge in [-0.25, -0.2) is 0 Å². The summed E-state index contributed by atoms with van der Waals surface area (Å²) in [7, 11) is 0. The highest BCUT2D eigenvalue weighted by atomic mass is 32.2. The molecule has 12 heteroatoms. The van der Waals surface area contributed by atoms with Crippen molar-refractivity contribution in [3.63, 3.8) is 0 Å². The fraction of sp³-hybridized carbons (Fsp3) is 0.111. The molecule has 0 aromatic heterocycles. The number of carbonyl (C=O) groups excluding carboxylic acids is 2. The molecule has 0 amide bonds. The molecule has 3 rings (SSSR count). The molecule has 0 N–H and O–H groups in total. The number of nitriles is 4. The molecule has 2 heterocycles. The summed E-state index contributed by atoms with van der Waals surface area (Å²) >= 11 is 4.20. The van der Waals surface area contributed by atoms with Crippen LogP contribution < -0.4 is 9.47 Å². The lowest BCUT2D eigenvalue weighted by Gasteiger charge is -2.15. The van der Waals surface area contributed by atoms with Crippen LogP contribution >= 0.6 is 47.0 Å². The third-order valence-electron chi connectivity index (χ3n) is 3.36. The predicted molar refractivity (Wildman–Crippen MR) is 109 cm³/mol. The van der Waals surface area contributed by atoms with Gasteiger partial charge in [0.25, 0.3) is 0 Å². The fourth-order valence-electron chi connectivity index (χ4n) is 2.31. The van der Waals surface area contributed by atoms with Crippen LogP contribution in [0, 0.1) is 45.3 Å². The zero-order valence-electron chi connectivity index (χ0n) is 15.1. The number of rotatable bonds is 2. The van der Waals surface area contributed by atoms with Crippen molar-refractivity contribution in [3.05, 3.63) is 19.6 Å². The molecular formula is C18H6N4O4S4. The van der Waals surface area contributed by atoms with Gasteiger partial charge in [-0.05, 0) is 0 Å². The smallest absolute Gasteiger partial charge is 0.308 e. The van der Waals surface area contributed by atoms with E-state index in [1.165, 1.54) is 13.8 Å². The zero-order chi connectivity index (χ0) is 22.0. The molecule has 8 nitrogen and oxygen atoms in total. The highest BCUT2D eigenvalue weighted by molar-refractivity contribution is 8.26. The van der Waals surface area contributed by atoms with Crippen LogP contribution in [-0.2, 0) is 9.59 Å². The van der Waals surface area contributed by atoms with Gasteiger partial charge in [-0.15, -0.1) is 0 Å². The number of hydrogen-bond donors (Lipinski definition) is 0. The van der Waals surface area contributed by atoms with Crippen LogP contribution in [0.5, 0.6) is 11.5 Å². The average molecular weight is 471 g/mol. The first-order valence-corrected chi connectivity index (χ1v) is 11.0. The van der Waals surface area contributed by atoms with E-state index in [1.807, 2.05) is 24.3 Å². The van der Waals surface area contributed by atoms with Gasteiger partial charge in [0.2, 0.25) is 0 Å². The SMILES string of the molecule is CC(=O)Oc1c2c(c(OC(C)=O)c3c1SC(=C(C#N)C#N)S3)SC(=C(C#N)C#N)S2. The Morgan fingerprint density at radius 3 is 1.10 bits per heavy atom. The van der Waals surface area contributed by atoms with E-state index >= 15 is 0 Å². The fourth-order valence-corrected chi connectivity index (χ4v) is 7.48. The van der Waals surface area contributed by atoms with Crippen LogP contribution in [0.2, 0.25) is 0 Å². The third-order valence-corrected chi connectivity index (χ3v) is 8.55. The maximum atomic E-state index is 11.8. The maximum absolute atomic E-state index is 11.8. The van der Waals surface area contributed by atoms with Crippen molar-refractivity contribution in [2.24, 2.45) is 0 Å². The van der Waals surface area contributed by atoms with Crippen LogP contribution in [-0.4, -0.2) is 11.9 Å². The normalized spacial score (nSPS) is 13.1. The zero-order valence-corrected chi connectivity index (χ0v) is 18.3. The molecule has 2 aliphatic heterocycles. The molecule has 146 valence electrons. The first kappa shape index (κ1) is 21.7. The number of allylic oxidation sites excluding steroid dienone is 2. The lowest BCUT2D eigenvalue weighted by atomic mass is 10.3. The molecule has 0 fully saturated rings. The summed E-state index contributed by atoms with van der Waals surface area (Å²) in [5.41, 5.74) is -0.248. The molecule has 0 atom stereocenters. The highest BCUT2D eigenvalue weighted by Crippen LogP contribution is 2.68. The van der Waals surface area contributed by atoms with E-state index in [-0.39, 0.29) is 22.6 Å². The van der Waals surface area contributed by atoms with E-state index in [4.69, 9.17) is 9.47 Å². The molecule has 0 saturated heterocycles. The van der Waals surface area contributed by atoms with E-state index < -0.39 is 11.9 Å². The number of benzene rings is 1. The number of thioether (sulfide) groups is 4. The number of ether oxygens (including phenoxy) is 2. The Morgan fingerprint density at radius 2 is 0.900 bits per heavy atom. The van der Waals surface area contributed by atoms with Gasteiger partial charge in [0.1, 0.15) is 35.4 Å².